The van der Waals surface area contributed by atoms with Crippen LogP contribution in [-0.4, -0.2) is 47.7 Å². The van der Waals surface area contributed by atoms with Crippen LogP contribution in [0.2, 0.25) is 0 Å². The molecule has 1 aliphatic rings. The number of sulfone groups is 1. The van der Waals surface area contributed by atoms with Gasteiger partial charge in [0.2, 0.25) is 0 Å². The predicted octanol–water partition coefficient (Wildman–Crippen LogP) is 3.77. The number of nitrogens with zero attached hydrogens (tertiary/aromatic N) is 3. The van der Waals surface area contributed by atoms with Gasteiger partial charge in [-0.05, 0) is 43.0 Å². The van der Waals surface area contributed by atoms with Crippen LogP contribution in [0.1, 0.15) is 33.4 Å². The second-order valence-electron chi connectivity index (χ2n) is 8.33. The topological polar surface area (TPSA) is 103 Å². The minimum Gasteiger partial charge on any atom is -0.497 e. The number of hydrogen-bond acceptors (Lipinski definition) is 7. The second-order valence-corrected chi connectivity index (χ2v) is 11.6. The molecule has 1 atom stereocenters. The van der Waals surface area contributed by atoms with Gasteiger partial charge in [-0.1, -0.05) is 18.2 Å². The average Bonchev–Trinajstić information content (AvgIpc) is 3.56. The molecule has 0 saturated carbocycles. The van der Waals surface area contributed by atoms with E-state index in [2.05, 4.69) is 10.4 Å². The van der Waals surface area contributed by atoms with Crippen molar-refractivity contribution in [3.63, 3.8) is 0 Å². The van der Waals surface area contributed by atoms with Gasteiger partial charge in [0, 0.05) is 10.4 Å². The van der Waals surface area contributed by atoms with Crippen molar-refractivity contribution in [3.8, 4) is 17.0 Å². The first-order valence-corrected chi connectivity index (χ1v) is 13.6. The summed E-state index contributed by atoms with van der Waals surface area (Å²) in [5.41, 5.74) is 3.00. The van der Waals surface area contributed by atoms with Crippen LogP contribution in [-0.2, 0) is 16.4 Å². The molecule has 4 heterocycles. The summed E-state index contributed by atoms with van der Waals surface area (Å²) < 4.78 is 31.4. The molecule has 10 heteroatoms. The normalized spacial score (nSPS) is 17.2. The Balaban J connectivity index is 1.64. The Kier molecular flexibility index (Phi) is 5.86. The number of pyridine rings is 1. The molecule has 3 aromatic heterocycles. The van der Waals surface area contributed by atoms with E-state index in [0.29, 0.717) is 46.7 Å². The van der Waals surface area contributed by atoms with Crippen LogP contribution in [0.25, 0.3) is 22.3 Å². The van der Waals surface area contributed by atoms with E-state index in [1.54, 1.807) is 29.2 Å². The van der Waals surface area contributed by atoms with Crippen molar-refractivity contribution in [2.75, 3.05) is 18.6 Å². The van der Waals surface area contributed by atoms with E-state index in [-0.39, 0.29) is 23.5 Å². The lowest BCUT2D eigenvalue weighted by atomic mass is 10.0. The fraction of sp³-hybridized carbons (Fsp3) is 0.292. The monoisotopic (exact) mass is 496 g/mol. The van der Waals surface area contributed by atoms with Crippen molar-refractivity contribution in [1.82, 2.24) is 20.1 Å². The number of carbonyl (C=O) groups excluding carboxylic acids is 1. The lowest BCUT2D eigenvalue weighted by Crippen LogP contribution is -2.23. The summed E-state index contributed by atoms with van der Waals surface area (Å²) in [5.74, 6) is 0.594. The first-order chi connectivity index (χ1) is 16.3. The Morgan fingerprint density at radius 3 is 2.82 bits per heavy atom. The van der Waals surface area contributed by atoms with E-state index < -0.39 is 9.84 Å². The van der Waals surface area contributed by atoms with Crippen LogP contribution in [0.3, 0.4) is 0 Å². The van der Waals surface area contributed by atoms with Gasteiger partial charge in [-0.3, -0.25) is 4.79 Å². The summed E-state index contributed by atoms with van der Waals surface area (Å²) in [6, 6.07) is 12.8. The molecule has 1 aliphatic heterocycles. The fourth-order valence-electron chi connectivity index (χ4n) is 4.32. The number of rotatable bonds is 6. The van der Waals surface area contributed by atoms with Crippen LogP contribution in [0, 0.1) is 6.92 Å². The molecule has 0 aliphatic carbocycles. The molecule has 0 spiro atoms. The van der Waals surface area contributed by atoms with Gasteiger partial charge >= 0.3 is 0 Å². The summed E-state index contributed by atoms with van der Waals surface area (Å²) in [7, 11) is -1.52. The summed E-state index contributed by atoms with van der Waals surface area (Å²) in [6.45, 7) is 2.24. The minimum atomic E-state index is -3.12. The fourth-order valence-corrected chi connectivity index (χ4v) is 6.66. The Hall–Kier alpha value is -3.24. The van der Waals surface area contributed by atoms with Gasteiger partial charge in [-0.2, -0.15) is 5.10 Å². The first kappa shape index (κ1) is 22.5. The maximum atomic E-state index is 13.4. The van der Waals surface area contributed by atoms with Gasteiger partial charge in [0.25, 0.3) is 5.91 Å². The minimum absolute atomic E-state index is 0.0220. The van der Waals surface area contributed by atoms with E-state index in [1.807, 2.05) is 48.7 Å². The molecular weight excluding hydrogens is 472 g/mol. The number of thiophene rings is 1. The number of ether oxygens (including phenoxy) is 1. The molecule has 5 rings (SSSR count). The highest BCUT2D eigenvalue weighted by atomic mass is 32.2. The third kappa shape index (κ3) is 4.30. The largest absolute Gasteiger partial charge is 0.497 e. The molecule has 8 nitrogen and oxygen atoms in total. The van der Waals surface area contributed by atoms with E-state index in [0.717, 1.165) is 10.4 Å². The van der Waals surface area contributed by atoms with Gasteiger partial charge in [0.1, 0.15) is 5.75 Å². The molecule has 1 unspecified atom stereocenters. The molecule has 1 aromatic carbocycles. The number of nitrogens with one attached hydrogen (secondary N) is 1. The number of aromatic nitrogens is 3. The lowest BCUT2D eigenvalue weighted by Gasteiger charge is -2.12. The molecule has 34 heavy (non-hydrogen) atoms. The van der Waals surface area contributed by atoms with Crippen molar-refractivity contribution in [1.29, 1.82) is 0 Å². The zero-order valence-electron chi connectivity index (χ0n) is 18.8. The number of benzene rings is 1. The maximum absolute atomic E-state index is 13.4. The SMILES string of the molecule is COc1cccc(-c2cc(C(=O)NCc3cccs3)c3c(C)nn(C4CCS(=O)(=O)C4)c3n2)c1. The molecule has 0 bridgehead atoms. The van der Waals surface area contributed by atoms with Gasteiger partial charge in [0.05, 0.1) is 53.5 Å². The molecule has 4 aromatic rings. The molecule has 0 radical (unpaired) electrons. The number of methoxy groups -OCH3 is 1. The smallest absolute Gasteiger partial charge is 0.252 e. The Morgan fingerprint density at radius 2 is 2.12 bits per heavy atom. The summed E-state index contributed by atoms with van der Waals surface area (Å²) in [4.78, 5) is 19.3. The van der Waals surface area contributed by atoms with Crippen LogP contribution >= 0.6 is 11.3 Å². The van der Waals surface area contributed by atoms with E-state index >= 15 is 0 Å². The lowest BCUT2D eigenvalue weighted by molar-refractivity contribution is 0.0953. The standard InChI is InChI=1S/C24H24N4O4S2/c1-15-22-20(24(29)25-13-19-7-4-9-33-19)12-21(16-5-3-6-18(11-16)32-2)26-23(22)28(27-15)17-8-10-34(30,31)14-17/h3-7,9,11-12,17H,8,10,13-14H2,1-2H3,(H,25,29). The van der Waals surface area contributed by atoms with Crippen LogP contribution in [0.5, 0.6) is 5.75 Å². The Labute approximate surface area is 201 Å². The highest BCUT2D eigenvalue weighted by molar-refractivity contribution is 7.91. The Morgan fingerprint density at radius 1 is 1.26 bits per heavy atom. The van der Waals surface area contributed by atoms with Crippen molar-refractivity contribution in [2.24, 2.45) is 0 Å². The molecular formula is C24H24N4O4S2. The third-order valence-corrected chi connectivity index (χ3v) is 8.63. The number of aryl methyl sites for hydroxylation is 1. The summed E-state index contributed by atoms with van der Waals surface area (Å²) >= 11 is 1.58. The van der Waals surface area contributed by atoms with Crippen LogP contribution in [0.15, 0.2) is 47.8 Å². The average molecular weight is 497 g/mol. The van der Waals surface area contributed by atoms with Crippen LogP contribution in [0.4, 0.5) is 0 Å². The van der Waals surface area contributed by atoms with Crippen molar-refractivity contribution in [3.05, 3.63) is 64.0 Å². The highest BCUT2D eigenvalue weighted by Gasteiger charge is 2.32. The molecule has 176 valence electrons. The highest BCUT2D eigenvalue weighted by Crippen LogP contribution is 2.33. The molecule has 1 fully saturated rings. The van der Waals surface area contributed by atoms with Gasteiger partial charge in [0.15, 0.2) is 15.5 Å². The second kappa shape index (κ2) is 8.84. The van der Waals surface area contributed by atoms with Crippen molar-refractivity contribution in [2.45, 2.75) is 25.9 Å². The predicted molar refractivity (Wildman–Crippen MR) is 132 cm³/mol. The van der Waals surface area contributed by atoms with Gasteiger partial charge < -0.3 is 10.1 Å². The molecule has 1 N–H and O–H groups in total. The number of hydrogen-bond donors (Lipinski definition) is 1. The van der Waals surface area contributed by atoms with Gasteiger partial charge in [-0.25, -0.2) is 18.1 Å². The van der Waals surface area contributed by atoms with Crippen LogP contribution < -0.4 is 10.1 Å². The summed E-state index contributed by atoms with van der Waals surface area (Å²) in [5, 5.41) is 10.3. The number of carbonyl (C=O) groups is 1. The Bertz CT molecular complexity index is 1480. The zero-order chi connectivity index (χ0) is 23.9. The summed E-state index contributed by atoms with van der Waals surface area (Å²) in [6.07, 6.45) is 0.476. The first-order valence-electron chi connectivity index (χ1n) is 10.9. The van der Waals surface area contributed by atoms with Crippen molar-refractivity contribution >= 4 is 38.1 Å². The van der Waals surface area contributed by atoms with E-state index in [9.17, 15) is 13.2 Å². The van der Waals surface area contributed by atoms with Crippen molar-refractivity contribution < 1.29 is 17.9 Å². The van der Waals surface area contributed by atoms with Gasteiger partial charge in [-0.15, -0.1) is 11.3 Å². The third-order valence-electron chi connectivity index (χ3n) is 6.00. The van der Waals surface area contributed by atoms with E-state index in [1.165, 1.54) is 0 Å². The quantitative estimate of drug-likeness (QED) is 0.436. The number of amides is 1. The zero-order valence-corrected chi connectivity index (χ0v) is 20.4. The maximum Gasteiger partial charge on any atom is 0.252 e. The number of fused-ring (bicyclic) bond motifs is 1. The molecule has 1 saturated heterocycles. The van der Waals surface area contributed by atoms with E-state index in [4.69, 9.17) is 9.72 Å². The molecule has 1 amide bonds.